The molecule has 104 valence electrons. The molecule has 0 saturated carbocycles. The van der Waals surface area contributed by atoms with Crippen molar-refractivity contribution in [3.8, 4) is 0 Å². The molecule has 0 aromatic heterocycles. The molecule has 1 aliphatic rings. The van der Waals surface area contributed by atoms with Gasteiger partial charge in [-0.05, 0) is 37.9 Å². The van der Waals surface area contributed by atoms with E-state index >= 15 is 0 Å². The third-order valence-corrected chi connectivity index (χ3v) is 3.50. The van der Waals surface area contributed by atoms with Crippen LogP contribution in [0.1, 0.15) is 23.2 Å². The van der Waals surface area contributed by atoms with Gasteiger partial charge < -0.3 is 4.74 Å². The van der Waals surface area contributed by atoms with Gasteiger partial charge in [0.15, 0.2) is 5.78 Å². The van der Waals surface area contributed by atoms with E-state index in [1.165, 1.54) is 6.07 Å². The van der Waals surface area contributed by atoms with Gasteiger partial charge in [0.25, 0.3) is 0 Å². The van der Waals surface area contributed by atoms with Crippen molar-refractivity contribution in [1.82, 2.24) is 4.90 Å². The first-order valence-electron chi connectivity index (χ1n) is 6.71. The number of Topliss-reactive ketones (excluding diaryl/α,β-unsaturated/α-hetero) is 1. The Labute approximate surface area is 113 Å². The van der Waals surface area contributed by atoms with Crippen LogP contribution in [-0.4, -0.2) is 44.0 Å². The van der Waals surface area contributed by atoms with Gasteiger partial charge in [-0.15, -0.1) is 0 Å². The van der Waals surface area contributed by atoms with E-state index in [0.29, 0.717) is 5.92 Å². The number of ether oxygens (including phenoxy) is 1. The van der Waals surface area contributed by atoms with Crippen LogP contribution in [0, 0.1) is 11.7 Å². The van der Waals surface area contributed by atoms with Gasteiger partial charge in [0.1, 0.15) is 5.82 Å². The zero-order valence-corrected chi connectivity index (χ0v) is 11.3. The van der Waals surface area contributed by atoms with Crippen molar-refractivity contribution in [2.45, 2.75) is 12.8 Å². The number of halogens is 1. The van der Waals surface area contributed by atoms with Crippen LogP contribution < -0.4 is 0 Å². The molecule has 0 N–H and O–H groups in total. The molecule has 1 heterocycles. The van der Waals surface area contributed by atoms with E-state index in [0.717, 1.165) is 32.6 Å². The van der Waals surface area contributed by atoms with Crippen molar-refractivity contribution >= 4 is 5.78 Å². The summed E-state index contributed by atoms with van der Waals surface area (Å²) in [6.07, 6.45) is 2.08. The predicted octanol–water partition coefficient (Wildman–Crippen LogP) is 2.37. The van der Waals surface area contributed by atoms with Crippen molar-refractivity contribution in [2.24, 2.45) is 5.92 Å². The lowest BCUT2D eigenvalue weighted by atomic mass is 9.99. The molecule has 1 aromatic rings. The van der Waals surface area contributed by atoms with Crippen molar-refractivity contribution < 1.29 is 13.9 Å². The first-order valence-corrected chi connectivity index (χ1v) is 6.71. The Kier molecular flexibility index (Phi) is 5.05. The molecule has 19 heavy (non-hydrogen) atoms. The van der Waals surface area contributed by atoms with E-state index < -0.39 is 5.82 Å². The van der Waals surface area contributed by atoms with Gasteiger partial charge in [0.05, 0.1) is 12.1 Å². The molecule has 0 atom stereocenters. The second-order valence-corrected chi connectivity index (χ2v) is 5.16. The molecule has 0 aliphatic carbocycles. The quantitative estimate of drug-likeness (QED) is 0.765. The second kappa shape index (κ2) is 6.78. The lowest BCUT2D eigenvalue weighted by Crippen LogP contribution is -2.33. The van der Waals surface area contributed by atoms with E-state index in [1.807, 2.05) is 11.9 Å². The van der Waals surface area contributed by atoms with Crippen LogP contribution in [0.3, 0.4) is 0 Å². The molecule has 0 bridgehead atoms. The number of ketones is 1. The lowest BCUT2D eigenvalue weighted by Gasteiger charge is -2.26. The summed E-state index contributed by atoms with van der Waals surface area (Å²) in [5.74, 6) is -0.0215. The van der Waals surface area contributed by atoms with Crippen LogP contribution >= 0.6 is 0 Å². The topological polar surface area (TPSA) is 29.5 Å². The fraction of sp³-hybridized carbons (Fsp3) is 0.533. The maximum Gasteiger partial charge on any atom is 0.179 e. The summed E-state index contributed by atoms with van der Waals surface area (Å²) in [4.78, 5) is 14.0. The Morgan fingerprint density at radius 1 is 1.37 bits per heavy atom. The highest BCUT2D eigenvalue weighted by atomic mass is 19.1. The van der Waals surface area contributed by atoms with Crippen molar-refractivity contribution in [1.29, 1.82) is 0 Å². The molecule has 0 radical (unpaired) electrons. The Balaban J connectivity index is 1.86. The standard InChI is InChI=1S/C15H20FNO2/c1-17(10-12-6-8-19-9-7-12)11-15(18)13-4-2-3-5-14(13)16/h2-5,12H,6-11H2,1H3. The van der Waals surface area contributed by atoms with Crippen molar-refractivity contribution in [3.63, 3.8) is 0 Å². The lowest BCUT2D eigenvalue weighted by molar-refractivity contribution is 0.0549. The van der Waals surface area contributed by atoms with Crippen molar-refractivity contribution in [3.05, 3.63) is 35.6 Å². The maximum atomic E-state index is 13.5. The summed E-state index contributed by atoms with van der Waals surface area (Å²) in [6.45, 7) is 2.74. The summed E-state index contributed by atoms with van der Waals surface area (Å²) >= 11 is 0. The molecule has 1 aliphatic heterocycles. The molecule has 3 nitrogen and oxygen atoms in total. The van der Waals surface area contributed by atoms with Crippen LogP contribution in [0.25, 0.3) is 0 Å². The summed E-state index contributed by atoms with van der Waals surface area (Å²) < 4.78 is 18.8. The van der Waals surface area contributed by atoms with E-state index in [2.05, 4.69) is 0 Å². The summed E-state index contributed by atoms with van der Waals surface area (Å²) in [5, 5.41) is 0. The molecule has 0 unspecified atom stereocenters. The van der Waals surface area contributed by atoms with Gasteiger partial charge in [0, 0.05) is 19.8 Å². The number of rotatable bonds is 5. The Bertz CT molecular complexity index is 430. The molecular weight excluding hydrogens is 245 g/mol. The molecule has 2 rings (SSSR count). The van der Waals surface area contributed by atoms with Crippen LogP contribution in [-0.2, 0) is 4.74 Å². The van der Waals surface area contributed by atoms with E-state index in [4.69, 9.17) is 4.74 Å². The molecule has 4 heteroatoms. The first-order chi connectivity index (χ1) is 9.16. The predicted molar refractivity (Wildman–Crippen MR) is 71.8 cm³/mol. The third-order valence-electron chi connectivity index (χ3n) is 3.50. The minimum Gasteiger partial charge on any atom is -0.381 e. The SMILES string of the molecule is CN(CC(=O)c1ccccc1F)CC1CCOCC1. The molecule has 1 fully saturated rings. The largest absolute Gasteiger partial charge is 0.381 e. The van der Waals surface area contributed by atoms with E-state index in [-0.39, 0.29) is 17.9 Å². The highest BCUT2D eigenvalue weighted by molar-refractivity contribution is 5.97. The number of carbonyl (C=O) groups excluding carboxylic acids is 1. The maximum absolute atomic E-state index is 13.5. The van der Waals surface area contributed by atoms with E-state index in [9.17, 15) is 9.18 Å². The summed E-state index contributed by atoms with van der Waals surface area (Å²) in [7, 11) is 1.91. The van der Waals surface area contributed by atoms with Gasteiger partial charge in [-0.2, -0.15) is 0 Å². The number of nitrogens with zero attached hydrogens (tertiary/aromatic N) is 1. The fourth-order valence-corrected chi connectivity index (χ4v) is 2.45. The van der Waals surface area contributed by atoms with E-state index in [1.54, 1.807) is 18.2 Å². The summed E-state index contributed by atoms with van der Waals surface area (Å²) in [6, 6.07) is 6.15. The normalized spacial score (nSPS) is 16.8. The Hall–Kier alpha value is -1.26. The number of hydrogen-bond acceptors (Lipinski definition) is 3. The van der Waals surface area contributed by atoms with Crippen molar-refractivity contribution in [2.75, 3.05) is 33.4 Å². The van der Waals surface area contributed by atoms with Crippen LogP contribution in [0.15, 0.2) is 24.3 Å². The zero-order chi connectivity index (χ0) is 13.7. The third kappa shape index (κ3) is 4.11. The van der Waals surface area contributed by atoms with Gasteiger partial charge >= 0.3 is 0 Å². The molecule has 1 aromatic carbocycles. The second-order valence-electron chi connectivity index (χ2n) is 5.16. The molecule has 0 amide bonds. The van der Waals surface area contributed by atoms with Crippen LogP contribution in [0.2, 0.25) is 0 Å². The van der Waals surface area contributed by atoms with Gasteiger partial charge in [-0.25, -0.2) is 4.39 Å². The van der Waals surface area contributed by atoms with Gasteiger partial charge in [0.2, 0.25) is 0 Å². The minimum absolute atomic E-state index is 0.160. The smallest absolute Gasteiger partial charge is 0.179 e. The molecular formula is C15H20FNO2. The fourth-order valence-electron chi connectivity index (χ4n) is 2.45. The van der Waals surface area contributed by atoms with Crippen LogP contribution in [0.5, 0.6) is 0 Å². The minimum atomic E-state index is -0.438. The summed E-state index contributed by atoms with van der Waals surface area (Å²) in [5.41, 5.74) is 0.182. The Morgan fingerprint density at radius 3 is 2.74 bits per heavy atom. The monoisotopic (exact) mass is 265 g/mol. The number of likely N-dealkylation sites (N-methyl/N-ethyl adjacent to an activating group) is 1. The van der Waals surface area contributed by atoms with Gasteiger partial charge in [-0.1, -0.05) is 12.1 Å². The highest BCUT2D eigenvalue weighted by Crippen LogP contribution is 2.16. The highest BCUT2D eigenvalue weighted by Gasteiger charge is 2.18. The van der Waals surface area contributed by atoms with Crippen LogP contribution in [0.4, 0.5) is 4.39 Å². The molecule has 0 spiro atoms. The average molecular weight is 265 g/mol. The first kappa shape index (κ1) is 14.2. The number of carbonyl (C=O) groups is 1. The average Bonchev–Trinajstić information content (AvgIpc) is 2.40. The molecule has 1 saturated heterocycles. The Morgan fingerprint density at radius 2 is 2.05 bits per heavy atom. The number of hydrogen-bond donors (Lipinski definition) is 0. The van der Waals surface area contributed by atoms with Gasteiger partial charge in [-0.3, -0.25) is 9.69 Å². The number of benzene rings is 1. The zero-order valence-electron chi connectivity index (χ0n) is 11.3.